The number of rotatable bonds is 12. The molecule has 178 valence electrons. The van der Waals surface area contributed by atoms with Gasteiger partial charge in [-0.3, -0.25) is 24.0 Å². The van der Waals surface area contributed by atoms with Crippen molar-refractivity contribution in [2.24, 2.45) is 0 Å². The van der Waals surface area contributed by atoms with Gasteiger partial charge in [0.1, 0.15) is 19.3 Å². The standard InChI is InChI=1S/C17H25N4O9PS/c1-6-7-19(8-10-29-31(25,26)30-11-9-21(2,3)4)17(22)15-12-14(20(23)24)13-18-16(15)32(5,27)28/h1,12-13H,7-11H2,2-5H3/p+1. The van der Waals surface area contributed by atoms with Crippen molar-refractivity contribution in [1.29, 1.82) is 0 Å². The molecule has 1 N–H and O–H groups in total. The summed E-state index contributed by atoms with van der Waals surface area (Å²) < 4.78 is 46.1. The number of pyridine rings is 1. The van der Waals surface area contributed by atoms with Crippen molar-refractivity contribution >= 4 is 29.3 Å². The second-order valence-electron chi connectivity index (χ2n) is 7.66. The maximum Gasteiger partial charge on any atom is 0.472 e. The summed E-state index contributed by atoms with van der Waals surface area (Å²) in [5, 5.41) is 10.4. The highest BCUT2D eigenvalue weighted by molar-refractivity contribution is 7.90. The van der Waals surface area contributed by atoms with Crippen LogP contribution in [0.4, 0.5) is 5.69 Å². The van der Waals surface area contributed by atoms with Crippen LogP contribution in [-0.4, -0.2) is 98.8 Å². The van der Waals surface area contributed by atoms with E-state index in [0.29, 0.717) is 11.0 Å². The lowest BCUT2D eigenvalue weighted by atomic mass is 10.2. The van der Waals surface area contributed by atoms with Crippen LogP contribution in [0.25, 0.3) is 0 Å². The van der Waals surface area contributed by atoms with Crippen LogP contribution in [0.1, 0.15) is 10.4 Å². The number of hydrogen-bond acceptors (Lipinski definition) is 9. The van der Waals surface area contributed by atoms with Gasteiger partial charge in [0.05, 0.1) is 44.8 Å². The molecule has 0 saturated heterocycles. The number of sulfone groups is 1. The number of phosphoric ester groups is 1. The second kappa shape index (κ2) is 11.0. The molecule has 1 rings (SSSR count). The monoisotopic (exact) mass is 493 g/mol. The molecule has 1 aromatic heterocycles. The summed E-state index contributed by atoms with van der Waals surface area (Å²) in [6, 6.07) is 0.779. The number of hydrogen-bond donors (Lipinski definition) is 1. The van der Waals surface area contributed by atoms with Crippen molar-refractivity contribution < 1.29 is 41.1 Å². The van der Waals surface area contributed by atoms with Gasteiger partial charge in [-0.2, -0.15) is 0 Å². The Morgan fingerprint density at radius 3 is 2.47 bits per heavy atom. The van der Waals surface area contributed by atoms with E-state index in [-0.39, 0.29) is 19.7 Å². The van der Waals surface area contributed by atoms with Gasteiger partial charge in [-0.15, -0.1) is 6.42 Å². The summed E-state index contributed by atoms with van der Waals surface area (Å²) in [7, 11) is -2.82. The molecular weight excluding hydrogens is 467 g/mol. The molecule has 0 bridgehead atoms. The summed E-state index contributed by atoms with van der Waals surface area (Å²) >= 11 is 0. The van der Waals surface area contributed by atoms with Gasteiger partial charge in [-0.1, -0.05) is 5.92 Å². The molecule has 0 radical (unpaired) electrons. The summed E-state index contributed by atoms with van der Waals surface area (Å²) in [6.45, 7) is -0.739. The second-order valence-corrected chi connectivity index (χ2v) is 11.0. The topological polar surface area (TPSA) is 166 Å². The first-order valence-corrected chi connectivity index (χ1v) is 12.5. The van der Waals surface area contributed by atoms with Crippen LogP contribution in [-0.2, 0) is 23.4 Å². The lowest BCUT2D eigenvalue weighted by molar-refractivity contribution is -0.870. The third kappa shape index (κ3) is 8.99. The number of likely N-dealkylation sites (N-methyl/N-ethyl adjacent to an activating group) is 1. The van der Waals surface area contributed by atoms with E-state index in [1.165, 1.54) is 0 Å². The predicted octanol–water partition coefficient (Wildman–Crippen LogP) is 0.308. The quantitative estimate of drug-likeness (QED) is 0.141. The molecule has 0 aliphatic rings. The highest BCUT2D eigenvalue weighted by Crippen LogP contribution is 2.42. The smallest absolute Gasteiger partial charge is 0.329 e. The van der Waals surface area contributed by atoms with Crippen LogP contribution < -0.4 is 0 Å². The Hall–Kier alpha value is -2.40. The van der Waals surface area contributed by atoms with Crippen LogP contribution in [0.3, 0.4) is 0 Å². The molecule has 1 atom stereocenters. The fraction of sp³-hybridized carbons (Fsp3) is 0.529. The molecule has 1 aromatic rings. The van der Waals surface area contributed by atoms with Crippen LogP contribution in [0.15, 0.2) is 17.3 Å². The Balaban J connectivity index is 3.00. The molecule has 13 nitrogen and oxygen atoms in total. The maximum absolute atomic E-state index is 12.9. The molecule has 32 heavy (non-hydrogen) atoms. The van der Waals surface area contributed by atoms with Crippen molar-refractivity contribution in [3.63, 3.8) is 0 Å². The number of nitro groups is 1. The maximum atomic E-state index is 12.9. The molecule has 1 heterocycles. The van der Waals surface area contributed by atoms with Gasteiger partial charge in [-0.05, 0) is 0 Å². The van der Waals surface area contributed by atoms with Gasteiger partial charge < -0.3 is 14.3 Å². The molecule has 1 unspecified atom stereocenters. The van der Waals surface area contributed by atoms with Gasteiger partial charge in [0.2, 0.25) is 0 Å². The van der Waals surface area contributed by atoms with Gasteiger partial charge in [0, 0.05) is 18.9 Å². The third-order valence-electron chi connectivity index (χ3n) is 3.83. The minimum atomic E-state index is -4.41. The Labute approximate surface area is 186 Å². The van der Waals surface area contributed by atoms with E-state index in [1.807, 2.05) is 21.1 Å². The van der Waals surface area contributed by atoms with E-state index in [2.05, 4.69) is 10.9 Å². The van der Waals surface area contributed by atoms with Gasteiger partial charge in [0.25, 0.3) is 11.6 Å². The summed E-state index contributed by atoms with van der Waals surface area (Å²) in [5.41, 5.74) is -1.15. The first-order valence-electron chi connectivity index (χ1n) is 9.07. The number of terminal acetylenes is 1. The fourth-order valence-electron chi connectivity index (χ4n) is 2.26. The average Bonchev–Trinajstić information content (AvgIpc) is 2.64. The highest BCUT2D eigenvalue weighted by Gasteiger charge is 2.28. The zero-order valence-electron chi connectivity index (χ0n) is 18.1. The molecule has 0 fully saturated rings. The normalized spacial score (nSPS) is 13.8. The van der Waals surface area contributed by atoms with Crippen LogP contribution in [0, 0.1) is 22.5 Å². The Bertz CT molecular complexity index is 1050. The van der Waals surface area contributed by atoms with E-state index in [9.17, 15) is 32.8 Å². The third-order valence-corrected chi connectivity index (χ3v) is 5.88. The molecule has 0 aliphatic heterocycles. The van der Waals surface area contributed by atoms with E-state index >= 15 is 0 Å². The molecule has 15 heteroatoms. The zero-order chi connectivity index (χ0) is 24.7. The van der Waals surface area contributed by atoms with Gasteiger partial charge in [0.15, 0.2) is 14.9 Å². The summed E-state index contributed by atoms with van der Waals surface area (Å²) in [6.07, 6.45) is 6.77. The SMILES string of the molecule is C#CCN(CCOP(=O)(O)OCC[N+](C)(C)C)C(=O)c1cc([N+](=O)[O-])cnc1S(C)(=O)=O. The molecule has 0 aromatic carbocycles. The van der Waals surface area contributed by atoms with E-state index in [4.69, 9.17) is 15.5 Å². The zero-order valence-corrected chi connectivity index (χ0v) is 19.8. The largest absolute Gasteiger partial charge is 0.472 e. The molecule has 0 saturated carbocycles. The van der Waals surface area contributed by atoms with Crippen LogP contribution in [0.2, 0.25) is 0 Å². The van der Waals surface area contributed by atoms with E-state index < -0.39 is 51.4 Å². The van der Waals surface area contributed by atoms with Gasteiger partial charge in [-0.25, -0.2) is 18.0 Å². The molecular formula is C17H26N4O9PS+. The van der Waals surface area contributed by atoms with Crippen molar-refractivity contribution in [2.45, 2.75) is 5.03 Å². The molecule has 0 aliphatic carbocycles. The minimum absolute atomic E-state index is 0.0542. The van der Waals surface area contributed by atoms with Crippen molar-refractivity contribution in [3.8, 4) is 12.3 Å². The number of carbonyl (C=O) groups excluding carboxylic acids is 1. The van der Waals surface area contributed by atoms with Gasteiger partial charge >= 0.3 is 7.82 Å². The first kappa shape index (κ1) is 27.6. The Kier molecular flexibility index (Phi) is 9.46. The van der Waals surface area contributed by atoms with E-state index in [1.54, 1.807) is 0 Å². The Morgan fingerprint density at radius 1 is 1.38 bits per heavy atom. The number of amides is 1. The van der Waals surface area contributed by atoms with Crippen molar-refractivity contribution in [1.82, 2.24) is 9.88 Å². The van der Waals surface area contributed by atoms with E-state index in [0.717, 1.165) is 23.4 Å². The lowest BCUT2D eigenvalue weighted by Gasteiger charge is -2.24. The number of phosphoric acid groups is 1. The average molecular weight is 493 g/mol. The molecule has 1 amide bonds. The number of quaternary nitrogens is 1. The lowest BCUT2D eigenvalue weighted by Crippen LogP contribution is -2.37. The predicted molar refractivity (Wildman–Crippen MR) is 113 cm³/mol. The van der Waals surface area contributed by atoms with Crippen molar-refractivity contribution in [3.05, 3.63) is 27.9 Å². The summed E-state index contributed by atoms with van der Waals surface area (Å²) in [5.74, 6) is 1.22. The van der Waals surface area contributed by atoms with Crippen LogP contribution >= 0.6 is 7.82 Å². The molecule has 0 spiro atoms. The number of carbonyl (C=O) groups is 1. The number of aromatic nitrogens is 1. The van der Waals surface area contributed by atoms with Crippen molar-refractivity contribution in [2.75, 3.05) is 60.2 Å². The minimum Gasteiger partial charge on any atom is -0.329 e. The summed E-state index contributed by atoms with van der Waals surface area (Å²) in [4.78, 5) is 37.3. The van der Waals surface area contributed by atoms with Crippen LogP contribution in [0.5, 0.6) is 0 Å². The number of nitrogens with zero attached hydrogens (tertiary/aromatic N) is 4. The first-order chi connectivity index (χ1) is 14.6. The highest BCUT2D eigenvalue weighted by atomic mass is 32.2. The Morgan fingerprint density at radius 2 is 1.97 bits per heavy atom. The fourth-order valence-corrected chi connectivity index (χ4v) is 3.75.